The van der Waals surface area contributed by atoms with Gasteiger partial charge in [-0.25, -0.2) is 14.2 Å². The molecule has 28 heavy (non-hydrogen) atoms. The van der Waals surface area contributed by atoms with Gasteiger partial charge < -0.3 is 9.47 Å². The molecule has 1 aromatic carbocycles. The van der Waals surface area contributed by atoms with Crippen LogP contribution >= 0.6 is 0 Å². The van der Waals surface area contributed by atoms with Crippen LogP contribution < -0.4 is 10.9 Å². The molecular formula is C20H18FN3O4. The summed E-state index contributed by atoms with van der Waals surface area (Å²) in [6, 6.07) is 4.15. The zero-order valence-corrected chi connectivity index (χ0v) is 15.2. The average molecular weight is 383 g/mol. The summed E-state index contributed by atoms with van der Waals surface area (Å²) in [5.74, 6) is 5.79. The van der Waals surface area contributed by atoms with E-state index in [2.05, 4.69) is 22.1 Å². The molecule has 1 N–H and O–H groups in total. The molecule has 1 fully saturated rings. The monoisotopic (exact) mass is 383 g/mol. The SMILES string of the molecule is COCc1cc(=O)n(Cc2cc3c(cc2F)[C@H](C#CC2CC2)OC(=O)N3)cn1. The molecule has 1 aromatic heterocycles. The van der Waals surface area contributed by atoms with Crippen molar-refractivity contribution in [2.75, 3.05) is 12.4 Å². The van der Waals surface area contributed by atoms with E-state index < -0.39 is 18.0 Å². The average Bonchev–Trinajstić information content (AvgIpc) is 3.48. The standard InChI is InChI=1S/C20H18FN3O4/c1-27-10-14-7-19(25)24(11-22-14)9-13-6-17-15(8-16(13)21)18(28-20(26)23-17)5-4-12-2-3-12/h6-8,11-12,18H,2-3,9-10H2,1H3,(H,23,26)/t18-/m0/s1. The lowest BCUT2D eigenvalue weighted by Crippen LogP contribution is -2.25. The van der Waals surface area contributed by atoms with E-state index in [0.717, 1.165) is 12.8 Å². The van der Waals surface area contributed by atoms with Crippen LogP contribution in [0.2, 0.25) is 0 Å². The Hall–Kier alpha value is -3.18. The highest BCUT2D eigenvalue weighted by atomic mass is 19.1. The fourth-order valence-electron chi connectivity index (χ4n) is 2.91. The molecule has 4 rings (SSSR count). The zero-order chi connectivity index (χ0) is 19.7. The van der Waals surface area contributed by atoms with Crippen LogP contribution in [0.25, 0.3) is 0 Å². The molecule has 0 unspecified atom stereocenters. The van der Waals surface area contributed by atoms with Gasteiger partial charge in [0.15, 0.2) is 6.10 Å². The van der Waals surface area contributed by atoms with Crippen LogP contribution in [0.5, 0.6) is 0 Å². The van der Waals surface area contributed by atoms with Crippen molar-refractivity contribution in [1.82, 2.24) is 9.55 Å². The third kappa shape index (κ3) is 3.89. The van der Waals surface area contributed by atoms with Crippen molar-refractivity contribution in [2.45, 2.75) is 32.1 Å². The van der Waals surface area contributed by atoms with Crippen molar-refractivity contribution in [3.63, 3.8) is 0 Å². The van der Waals surface area contributed by atoms with Crippen LogP contribution in [0.3, 0.4) is 0 Å². The van der Waals surface area contributed by atoms with Crippen LogP contribution in [0.15, 0.2) is 29.3 Å². The maximum absolute atomic E-state index is 14.7. The summed E-state index contributed by atoms with van der Waals surface area (Å²) in [5, 5.41) is 2.57. The lowest BCUT2D eigenvalue weighted by atomic mass is 10.0. The van der Waals surface area contributed by atoms with Crippen molar-refractivity contribution in [1.29, 1.82) is 0 Å². The van der Waals surface area contributed by atoms with Crippen molar-refractivity contribution in [3.05, 3.63) is 57.5 Å². The lowest BCUT2D eigenvalue weighted by Gasteiger charge is -2.23. The number of ether oxygens (including phenoxy) is 2. The largest absolute Gasteiger partial charge is 0.428 e. The van der Waals surface area contributed by atoms with Crippen molar-refractivity contribution >= 4 is 11.8 Å². The third-order valence-electron chi connectivity index (χ3n) is 4.53. The Morgan fingerprint density at radius 3 is 2.86 bits per heavy atom. The number of methoxy groups -OCH3 is 1. The second-order valence-corrected chi connectivity index (χ2v) is 6.78. The smallest absolute Gasteiger partial charge is 0.413 e. The second kappa shape index (κ2) is 7.44. The summed E-state index contributed by atoms with van der Waals surface area (Å²) in [7, 11) is 1.51. The normalized spacial score (nSPS) is 17.8. The molecule has 0 spiro atoms. The molecule has 1 amide bonds. The number of carbonyl (C=O) groups is 1. The van der Waals surface area contributed by atoms with Gasteiger partial charge in [-0.1, -0.05) is 11.8 Å². The number of carbonyl (C=O) groups excluding carboxylic acids is 1. The maximum Gasteiger partial charge on any atom is 0.413 e. The highest BCUT2D eigenvalue weighted by Gasteiger charge is 2.27. The number of anilines is 1. The minimum Gasteiger partial charge on any atom is -0.428 e. The molecule has 1 saturated carbocycles. The molecule has 1 atom stereocenters. The number of rotatable bonds is 4. The lowest BCUT2D eigenvalue weighted by molar-refractivity contribution is 0.134. The van der Waals surface area contributed by atoms with Gasteiger partial charge in [0.1, 0.15) is 5.82 Å². The highest BCUT2D eigenvalue weighted by molar-refractivity contribution is 5.88. The molecule has 8 heteroatoms. The van der Waals surface area contributed by atoms with Gasteiger partial charge in [-0.15, -0.1) is 0 Å². The van der Waals surface area contributed by atoms with Crippen molar-refractivity contribution < 1.29 is 18.7 Å². The number of amides is 1. The predicted octanol–water partition coefficient (Wildman–Crippen LogP) is 2.59. The van der Waals surface area contributed by atoms with Gasteiger partial charge in [0, 0.05) is 30.2 Å². The first kappa shape index (κ1) is 18.2. The molecule has 2 aromatic rings. The fourth-order valence-corrected chi connectivity index (χ4v) is 2.91. The molecule has 2 aliphatic rings. The van der Waals surface area contributed by atoms with Gasteiger partial charge in [-0.3, -0.25) is 14.7 Å². The number of halogens is 1. The highest BCUT2D eigenvalue weighted by Crippen LogP contribution is 2.34. The Morgan fingerprint density at radius 2 is 2.14 bits per heavy atom. The first-order chi connectivity index (χ1) is 13.5. The first-order valence-corrected chi connectivity index (χ1v) is 8.89. The quantitative estimate of drug-likeness (QED) is 0.821. The van der Waals surface area contributed by atoms with E-state index >= 15 is 0 Å². The summed E-state index contributed by atoms with van der Waals surface area (Å²) in [4.78, 5) is 28.2. The van der Waals surface area contributed by atoms with Crippen LogP contribution in [0.1, 0.15) is 35.8 Å². The molecule has 7 nitrogen and oxygen atoms in total. The van der Waals surface area contributed by atoms with Crippen molar-refractivity contribution in [3.8, 4) is 11.8 Å². The van der Waals surface area contributed by atoms with Gasteiger partial charge in [0.25, 0.3) is 5.56 Å². The molecule has 2 heterocycles. The van der Waals surface area contributed by atoms with Gasteiger partial charge in [-0.2, -0.15) is 0 Å². The molecule has 1 aliphatic carbocycles. The Labute approximate surface area is 160 Å². The third-order valence-corrected chi connectivity index (χ3v) is 4.53. The van der Waals surface area contributed by atoms with E-state index in [1.54, 1.807) is 0 Å². The minimum absolute atomic E-state index is 0.0205. The first-order valence-electron chi connectivity index (χ1n) is 8.89. The number of fused-ring (bicyclic) bond motifs is 1. The number of aromatic nitrogens is 2. The molecule has 0 saturated heterocycles. The summed E-state index contributed by atoms with van der Waals surface area (Å²) >= 11 is 0. The van der Waals surface area contributed by atoms with Gasteiger partial charge in [0.05, 0.1) is 30.9 Å². The van der Waals surface area contributed by atoms with Crippen LogP contribution in [-0.2, 0) is 22.6 Å². The molecular weight excluding hydrogens is 365 g/mol. The van der Waals surface area contributed by atoms with Crippen molar-refractivity contribution in [2.24, 2.45) is 5.92 Å². The number of benzene rings is 1. The summed E-state index contributed by atoms with van der Waals surface area (Å²) in [6.07, 6.45) is 1.99. The van der Waals surface area contributed by atoms with E-state index in [1.807, 2.05) is 0 Å². The Morgan fingerprint density at radius 1 is 1.32 bits per heavy atom. The zero-order valence-electron chi connectivity index (χ0n) is 15.2. The minimum atomic E-state index is -0.800. The second-order valence-electron chi connectivity index (χ2n) is 6.78. The van der Waals surface area contributed by atoms with E-state index in [4.69, 9.17) is 9.47 Å². The van der Waals surface area contributed by atoms with Crippen LogP contribution in [0.4, 0.5) is 14.9 Å². The summed E-state index contributed by atoms with van der Waals surface area (Å²) in [5.41, 5.74) is 1.32. The van der Waals surface area contributed by atoms with Crippen LogP contribution in [0, 0.1) is 23.6 Å². The van der Waals surface area contributed by atoms with E-state index in [0.29, 0.717) is 22.9 Å². The predicted molar refractivity (Wildman–Crippen MR) is 98.1 cm³/mol. The Balaban J connectivity index is 1.63. The number of hydrogen-bond acceptors (Lipinski definition) is 5. The van der Waals surface area contributed by atoms with Gasteiger partial charge in [0.2, 0.25) is 0 Å². The number of nitrogens with zero attached hydrogens (tertiary/aromatic N) is 2. The molecule has 144 valence electrons. The molecule has 1 aliphatic heterocycles. The fraction of sp³-hybridized carbons (Fsp3) is 0.350. The van der Waals surface area contributed by atoms with Crippen LogP contribution in [-0.4, -0.2) is 22.8 Å². The summed E-state index contributed by atoms with van der Waals surface area (Å²) in [6.45, 7) is 0.200. The maximum atomic E-state index is 14.7. The molecule has 0 bridgehead atoms. The van der Waals surface area contributed by atoms with Gasteiger partial charge in [-0.05, 0) is 25.0 Å². The van der Waals surface area contributed by atoms with E-state index in [1.165, 1.54) is 36.2 Å². The van der Waals surface area contributed by atoms with Gasteiger partial charge >= 0.3 is 6.09 Å². The number of hydrogen-bond donors (Lipinski definition) is 1. The molecule has 0 radical (unpaired) electrons. The summed E-state index contributed by atoms with van der Waals surface area (Å²) < 4.78 is 26.1. The Bertz CT molecular complexity index is 1050. The topological polar surface area (TPSA) is 82.5 Å². The van der Waals surface area contributed by atoms with E-state index in [9.17, 15) is 14.0 Å². The van der Waals surface area contributed by atoms with E-state index in [-0.39, 0.29) is 24.3 Å². The Kier molecular flexibility index (Phi) is 4.84. The number of cyclic esters (lactones) is 1. The number of nitrogens with one attached hydrogen (secondary N) is 1.